The molecule has 0 atom stereocenters. The summed E-state index contributed by atoms with van der Waals surface area (Å²) in [6, 6.07) is 0. The lowest BCUT2D eigenvalue weighted by molar-refractivity contribution is 0.0831. The lowest BCUT2D eigenvalue weighted by atomic mass is 10.1. The van der Waals surface area contributed by atoms with Crippen molar-refractivity contribution in [3.63, 3.8) is 0 Å². The maximum Gasteiger partial charge on any atom is 0.0487 e. The summed E-state index contributed by atoms with van der Waals surface area (Å²) in [6.45, 7) is 9.81. The van der Waals surface area contributed by atoms with Gasteiger partial charge in [-0.15, -0.1) is 0 Å². The molecule has 0 aromatic carbocycles. The number of hydrogen-bond donors (Lipinski definition) is 0. The van der Waals surface area contributed by atoms with Gasteiger partial charge in [0.1, 0.15) is 0 Å². The van der Waals surface area contributed by atoms with E-state index in [4.69, 9.17) is 9.47 Å². The van der Waals surface area contributed by atoms with Crippen LogP contribution in [0.2, 0.25) is 0 Å². The van der Waals surface area contributed by atoms with Gasteiger partial charge in [-0.25, -0.2) is 0 Å². The first-order chi connectivity index (χ1) is 5.77. The smallest absolute Gasteiger partial charge is 0.0487 e. The summed E-state index contributed by atoms with van der Waals surface area (Å²) in [5.74, 6) is 0.747. The Morgan fingerprint density at radius 3 is 2.25 bits per heavy atom. The predicted molar refractivity (Wildman–Crippen MR) is 51.4 cm³/mol. The molecule has 0 unspecified atom stereocenters. The van der Waals surface area contributed by atoms with Crippen LogP contribution in [-0.2, 0) is 9.47 Å². The molecular formula is C10H22O2. The van der Waals surface area contributed by atoms with Gasteiger partial charge < -0.3 is 9.47 Å². The molecule has 0 fully saturated rings. The highest BCUT2D eigenvalue weighted by Gasteiger charge is 1.93. The van der Waals surface area contributed by atoms with Crippen LogP contribution in [0.15, 0.2) is 0 Å². The molecular weight excluding hydrogens is 152 g/mol. The van der Waals surface area contributed by atoms with E-state index in [2.05, 4.69) is 13.8 Å². The molecule has 0 N–H and O–H groups in total. The summed E-state index contributed by atoms with van der Waals surface area (Å²) in [5, 5.41) is 0. The Bertz CT molecular complexity index is 81.9. The highest BCUT2D eigenvalue weighted by Crippen LogP contribution is 1.98. The van der Waals surface area contributed by atoms with Crippen molar-refractivity contribution in [3.8, 4) is 0 Å². The van der Waals surface area contributed by atoms with E-state index >= 15 is 0 Å². The van der Waals surface area contributed by atoms with Gasteiger partial charge in [0.25, 0.3) is 0 Å². The lowest BCUT2D eigenvalue weighted by Gasteiger charge is -2.05. The van der Waals surface area contributed by atoms with E-state index < -0.39 is 0 Å². The Kier molecular flexibility index (Phi) is 8.95. The van der Waals surface area contributed by atoms with Gasteiger partial charge in [0.05, 0.1) is 0 Å². The molecule has 74 valence electrons. The van der Waals surface area contributed by atoms with Crippen molar-refractivity contribution >= 4 is 0 Å². The van der Waals surface area contributed by atoms with Crippen LogP contribution < -0.4 is 0 Å². The molecule has 0 bridgehead atoms. The van der Waals surface area contributed by atoms with E-state index in [1.165, 1.54) is 0 Å². The van der Waals surface area contributed by atoms with Gasteiger partial charge in [0.2, 0.25) is 0 Å². The molecule has 2 nitrogen and oxygen atoms in total. The maximum atomic E-state index is 5.41. The average molecular weight is 174 g/mol. The van der Waals surface area contributed by atoms with Crippen molar-refractivity contribution in [2.45, 2.75) is 33.6 Å². The molecule has 2 heteroatoms. The molecule has 0 spiro atoms. The minimum Gasteiger partial charge on any atom is -0.382 e. The quantitative estimate of drug-likeness (QED) is 0.526. The fraction of sp³-hybridized carbons (Fsp3) is 1.00. The fourth-order valence-electron chi connectivity index (χ4n) is 0.828. The van der Waals surface area contributed by atoms with Gasteiger partial charge in [-0.05, 0) is 25.7 Å². The molecule has 0 saturated carbocycles. The van der Waals surface area contributed by atoms with Crippen LogP contribution in [0.5, 0.6) is 0 Å². The fourth-order valence-corrected chi connectivity index (χ4v) is 0.828. The summed E-state index contributed by atoms with van der Waals surface area (Å²) in [5.41, 5.74) is 0. The average Bonchev–Trinajstić information content (AvgIpc) is 2.02. The van der Waals surface area contributed by atoms with Crippen LogP contribution >= 0.6 is 0 Å². The van der Waals surface area contributed by atoms with Crippen molar-refractivity contribution in [1.29, 1.82) is 0 Å². The van der Waals surface area contributed by atoms with Crippen LogP contribution in [0.4, 0.5) is 0 Å². The molecule has 0 aliphatic heterocycles. The Morgan fingerprint density at radius 2 is 1.67 bits per heavy atom. The van der Waals surface area contributed by atoms with Gasteiger partial charge in [0.15, 0.2) is 0 Å². The van der Waals surface area contributed by atoms with Crippen molar-refractivity contribution in [2.75, 3.05) is 26.4 Å². The van der Waals surface area contributed by atoms with Crippen LogP contribution in [0, 0.1) is 5.92 Å². The third-order valence-corrected chi connectivity index (χ3v) is 1.62. The first kappa shape index (κ1) is 11.9. The molecule has 0 heterocycles. The van der Waals surface area contributed by atoms with Gasteiger partial charge >= 0.3 is 0 Å². The summed E-state index contributed by atoms with van der Waals surface area (Å²) in [6.07, 6.45) is 2.18. The predicted octanol–water partition coefficient (Wildman–Crippen LogP) is 2.48. The molecule has 0 aliphatic carbocycles. The number of ether oxygens (including phenoxy) is 2. The van der Waals surface area contributed by atoms with Gasteiger partial charge in [0, 0.05) is 26.4 Å². The van der Waals surface area contributed by atoms with E-state index in [1.54, 1.807) is 0 Å². The Hall–Kier alpha value is -0.0800. The van der Waals surface area contributed by atoms with Crippen molar-refractivity contribution in [2.24, 2.45) is 5.92 Å². The third-order valence-electron chi connectivity index (χ3n) is 1.62. The normalized spacial score (nSPS) is 11.0. The van der Waals surface area contributed by atoms with E-state index in [-0.39, 0.29) is 0 Å². The number of hydrogen-bond acceptors (Lipinski definition) is 2. The van der Waals surface area contributed by atoms with Gasteiger partial charge in [-0.3, -0.25) is 0 Å². The number of rotatable bonds is 8. The Morgan fingerprint density at radius 1 is 1.00 bits per heavy atom. The van der Waals surface area contributed by atoms with Crippen LogP contribution in [0.25, 0.3) is 0 Å². The second-order valence-electron chi connectivity index (χ2n) is 3.35. The van der Waals surface area contributed by atoms with Crippen molar-refractivity contribution < 1.29 is 9.47 Å². The van der Waals surface area contributed by atoms with Crippen molar-refractivity contribution in [3.05, 3.63) is 0 Å². The first-order valence-electron chi connectivity index (χ1n) is 4.92. The zero-order valence-corrected chi connectivity index (χ0v) is 8.64. The van der Waals surface area contributed by atoms with Gasteiger partial charge in [-0.2, -0.15) is 0 Å². The lowest BCUT2D eigenvalue weighted by Crippen LogP contribution is -2.03. The van der Waals surface area contributed by atoms with E-state index in [1.807, 2.05) is 6.92 Å². The van der Waals surface area contributed by atoms with Crippen LogP contribution in [0.1, 0.15) is 33.6 Å². The maximum absolute atomic E-state index is 5.41. The second kappa shape index (κ2) is 9.01. The van der Waals surface area contributed by atoms with Crippen molar-refractivity contribution in [1.82, 2.24) is 0 Å². The standard InChI is InChI=1S/C10H22O2/c1-4-11-7-5-8-12-9-6-10(2)3/h10H,4-9H2,1-3H3. The first-order valence-corrected chi connectivity index (χ1v) is 4.92. The molecule has 0 amide bonds. The van der Waals surface area contributed by atoms with E-state index in [0.29, 0.717) is 0 Å². The zero-order valence-electron chi connectivity index (χ0n) is 8.64. The summed E-state index contributed by atoms with van der Waals surface area (Å²) >= 11 is 0. The molecule has 0 radical (unpaired) electrons. The van der Waals surface area contributed by atoms with E-state index in [0.717, 1.165) is 45.2 Å². The zero-order chi connectivity index (χ0) is 9.23. The summed E-state index contributed by atoms with van der Waals surface area (Å²) < 4.78 is 10.6. The SMILES string of the molecule is CCOCCCOCCC(C)C. The molecule has 12 heavy (non-hydrogen) atoms. The largest absolute Gasteiger partial charge is 0.382 e. The monoisotopic (exact) mass is 174 g/mol. The topological polar surface area (TPSA) is 18.5 Å². The summed E-state index contributed by atoms with van der Waals surface area (Å²) in [7, 11) is 0. The minimum atomic E-state index is 0.747. The molecule has 0 aromatic rings. The highest BCUT2D eigenvalue weighted by atomic mass is 16.5. The Labute approximate surface area is 76.3 Å². The second-order valence-corrected chi connectivity index (χ2v) is 3.35. The molecule has 0 rings (SSSR count). The van der Waals surface area contributed by atoms with Crippen LogP contribution in [-0.4, -0.2) is 26.4 Å². The van der Waals surface area contributed by atoms with Gasteiger partial charge in [-0.1, -0.05) is 13.8 Å². The molecule has 0 aromatic heterocycles. The minimum absolute atomic E-state index is 0.747. The Balaban J connectivity index is 2.82. The third kappa shape index (κ3) is 9.92. The van der Waals surface area contributed by atoms with E-state index in [9.17, 15) is 0 Å². The molecule has 0 aliphatic rings. The summed E-state index contributed by atoms with van der Waals surface area (Å²) in [4.78, 5) is 0. The van der Waals surface area contributed by atoms with Crippen LogP contribution in [0.3, 0.4) is 0 Å². The molecule has 0 saturated heterocycles. The highest BCUT2D eigenvalue weighted by molar-refractivity contribution is 4.42.